The van der Waals surface area contributed by atoms with E-state index in [1.807, 2.05) is 84.6 Å². The first-order valence-corrected chi connectivity index (χ1v) is 12.6. The Morgan fingerprint density at radius 3 is 2.59 bits per heavy atom. The summed E-state index contributed by atoms with van der Waals surface area (Å²) < 4.78 is 5.94. The molecule has 2 aromatic rings. The van der Waals surface area contributed by atoms with Crippen molar-refractivity contribution >= 4 is 17.4 Å². The molecule has 0 spiro atoms. The van der Waals surface area contributed by atoms with Crippen molar-refractivity contribution in [3.63, 3.8) is 0 Å². The van der Waals surface area contributed by atoms with Crippen LogP contribution in [-0.4, -0.2) is 78.5 Å². The molecule has 37 heavy (non-hydrogen) atoms. The van der Waals surface area contributed by atoms with Crippen LogP contribution in [0.25, 0.3) is 5.57 Å². The summed E-state index contributed by atoms with van der Waals surface area (Å²) in [5.41, 5.74) is 14.1. The summed E-state index contributed by atoms with van der Waals surface area (Å²) in [6.45, 7) is 1.94. The number of nitrogens with zero attached hydrogens (tertiary/aromatic N) is 3. The van der Waals surface area contributed by atoms with Gasteiger partial charge in [-0.15, -0.1) is 0 Å². The van der Waals surface area contributed by atoms with E-state index in [9.17, 15) is 9.59 Å². The molecule has 3 aliphatic rings. The van der Waals surface area contributed by atoms with Crippen LogP contribution in [0.5, 0.6) is 11.5 Å². The van der Waals surface area contributed by atoms with E-state index in [0.717, 1.165) is 29.1 Å². The Morgan fingerprint density at radius 2 is 1.86 bits per heavy atom. The zero-order valence-electron chi connectivity index (χ0n) is 21.2. The Kier molecular flexibility index (Phi) is 7.27. The smallest absolute Gasteiger partial charge is 0.257 e. The minimum absolute atomic E-state index is 0.00442. The maximum absolute atomic E-state index is 13.0. The Bertz CT molecular complexity index is 1180. The molecular formula is C28H34N6O3. The molecule has 0 saturated carbocycles. The normalized spacial score (nSPS) is 25.4. The molecule has 5 rings (SSSR count). The third kappa shape index (κ3) is 5.39. The van der Waals surface area contributed by atoms with Crippen LogP contribution in [0.2, 0.25) is 0 Å². The number of nitrogens with two attached hydrogens (primary N) is 1. The van der Waals surface area contributed by atoms with Crippen LogP contribution in [0, 0.1) is 5.92 Å². The number of nitrogens with one attached hydrogen (secondary N) is 2. The van der Waals surface area contributed by atoms with Gasteiger partial charge in [-0.25, -0.2) is 5.43 Å². The minimum Gasteiger partial charge on any atom is -0.457 e. The first-order valence-electron chi connectivity index (χ1n) is 12.6. The molecule has 9 heteroatoms. The molecule has 9 nitrogen and oxygen atoms in total. The number of carbonyl (C=O) groups is 2. The second-order valence-corrected chi connectivity index (χ2v) is 9.99. The van der Waals surface area contributed by atoms with E-state index in [2.05, 4.69) is 22.0 Å². The number of hydrogen-bond donors (Lipinski definition) is 3. The fourth-order valence-corrected chi connectivity index (χ4v) is 5.28. The van der Waals surface area contributed by atoms with Crippen molar-refractivity contribution < 1.29 is 14.3 Å². The van der Waals surface area contributed by atoms with Gasteiger partial charge in [-0.05, 0) is 55.9 Å². The first-order chi connectivity index (χ1) is 17.9. The van der Waals surface area contributed by atoms with Crippen molar-refractivity contribution in [1.82, 2.24) is 25.6 Å². The predicted octanol–water partition coefficient (Wildman–Crippen LogP) is 1.76. The van der Waals surface area contributed by atoms with Gasteiger partial charge in [-0.3, -0.25) is 15.0 Å². The topological polar surface area (TPSA) is 103 Å². The van der Waals surface area contributed by atoms with Crippen molar-refractivity contribution in [3.8, 4) is 11.5 Å². The maximum atomic E-state index is 13.0. The zero-order valence-corrected chi connectivity index (χ0v) is 21.2. The highest BCUT2D eigenvalue weighted by molar-refractivity contribution is 5.89. The summed E-state index contributed by atoms with van der Waals surface area (Å²) in [6.07, 6.45) is 5.94. The third-order valence-electron chi connectivity index (χ3n) is 7.12. The van der Waals surface area contributed by atoms with Crippen LogP contribution >= 0.6 is 0 Å². The average Bonchev–Trinajstić information content (AvgIpc) is 3.53. The zero-order chi connectivity index (χ0) is 25.9. The van der Waals surface area contributed by atoms with Crippen LogP contribution in [-0.2, 0) is 9.59 Å². The number of fused-ring (bicyclic) bond motifs is 1. The van der Waals surface area contributed by atoms with Crippen LogP contribution in [0.15, 0.2) is 72.9 Å². The van der Waals surface area contributed by atoms with Gasteiger partial charge in [0.1, 0.15) is 17.5 Å². The molecule has 4 atom stereocenters. The largest absolute Gasteiger partial charge is 0.457 e. The fourth-order valence-electron chi connectivity index (χ4n) is 5.28. The molecule has 0 bridgehead atoms. The number of rotatable bonds is 7. The lowest BCUT2D eigenvalue weighted by Gasteiger charge is -2.39. The predicted molar refractivity (Wildman–Crippen MR) is 142 cm³/mol. The summed E-state index contributed by atoms with van der Waals surface area (Å²) in [7, 11) is 3.93. The SMILES string of the molecule is CN(C)C/C=C/C(=O)N1CC[C@@H](N2C=C(c3ccc(Oc4ccccc4)cc3)C3C(N)NNC(=O)C32)C1. The molecular weight excluding hydrogens is 468 g/mol. The first kappa shape index (κ1) is 25.0. The summed E-state index contributed by atoms with van der Waals surface area (Å²) in [4.78, 5) is 31.7. The Balaban J connectivity index is 1.35. The van der Waals surface area contributed by atoms with Crippen LogP contribution < -0.4 is 21.3 Å². The van der Waals surface area contributed by atoms with Gasteiger partial charge in [0.25, 0.3) is 5.91 Å². The summed E-state index contributed by atoms with van der Waals surface area (Å²) in [6, 6.07) is 17.1. The molecule has 2 aromatic carbocycles. The molecule has 2 saturated heterocycles. The minimum atomic E-state index is -0.438. The van der Waals surface area contributed by atoms with E-state index in [1.54, 1.807) is 6.08 Å². The van der Waals surface area contributed by atoms with Gasteiger partial charge < -0.3 is 25.2 Å². The lowest BCUT2D eigenvalue weighted by molar-refractivity contribution is -0.131. The van der Waals surface area contributed by atoms with Gasteiger partial charge in [0.15, 0.2) is 0 Å². The molecule has 4 N–H and O–H groups in total. The Morgan fingerprint density at radius 1 is 1.14 bits per heavy atom. The number of hydrogen-bond acceptors (Lipinski definition) is 7. The number of likely N-dealkylation sites (N-methyl/N-ethyl adjacent to an activating group) is 1. The molecule has 3 heterocycles. The van der Waals surface area contributed by atoms with Crippen LogP contribution in [0.3, 0.4) is 0 Å². The Hall–Kier alpha value is -3.66. The monoisotopic (exact) mass is 502 g/mol. The number of carbonyl (C=O) groups excluding carboxylic acids is 2. The van der Waals surface area contributed by atoms with E-state index >= 15 is 0 Å². The highest BCUT2D eigenvalue weighted by Gasteiger charge is 2.49. The number of ether oxygens (including phenoxy) is 1. The summed E-state index contributed by atoms with van der Waals surface area (Å²) in [5.74, 6) is 1.17. The van der Waals surface area contributed by atoms with Gasteiger partial charge in [0.05, 0.1) is 6.17 Å². The number of likely N-dealkylation sites (tertiary alicyclic amines) is 1. The highest BCUT2D eigenvalue weighted by Crippen LogP contribution is 2.41. The van der Waals surface area contributed by atoms with Crippen molar-refractivity contribution in [2.24, 2.45) is 11.7 Å². The standard InChI is InChI=1S/C28H34N6O3/c1-32(2)15-6-9-24(35)33-16-14-20(17-33)34-18-23(25-26(34)28(36)31-30-27(25)29)19-10-12-22(13-11-19)37-21-7-4-3-5-8-21/h3-13,18,20,25-27,30H,14-17,29H2,1-2H3,(H,31,36)/b9-6+/t20-,25?,26?,27?/m1/s1. The number of amides is 2. The van der Waals surface area contributed by atoms with Crippen molar-refractivity contribution in [1.29, 1.82) is 0 Å². The molecule has 0 radical (unpaired) electrons. The third-order valence-corrected chi connectivity index (χ3v) is 7.12. The Labute approximate surface area is 217 Å². The van der Waals surface area contributed by atoms with Crippen molar-refractivity contribution in [3.05, 3.63) is 78.5 Å². The van der Waals surface area contributed by atoms with E-state index in [1.165, 1.54) is 0 Å². The van der Waals surface area contributed by atoms with Crippen molar-refractivity contribution in [2.45, 2.75) is 24.7 Å². The number of para-hydroxylation sites is 1. The summed E-state index contributed by atoms with van der Waals surface area (Å²) in [5, 5.41) is 0. The van der Waals surface area contributed by atoms with Crippen molar-refractivity contribution in [2.75, 3.05) is 33.7 Å². The second kappa shape index (κ2) is 10.8. The molecule has 3 unspecified atom stereocenters. The van der Waals surface area contributed by atoms with E-state index in [-0.39, 0.29) is 23.8 Å². The van der Waals surface area contributed by atoms with Crippen LogP contribution in [0.4, 0.5) is 0 Å². The average molecular weight is 503 g/mol. The molecule has 2 amide bonds. The van der Waals surface area contributed by atoms with E-state index in [4.69, 9.17) is 10.5 Å². The van der Waals surface area contributed by atoms with Gasteiger partial charge in [-0.1, -0.05) is 36.4 Å². The van der Waals surface area contributed by atoms with Gasteiger partial charge in [0.2, 0.25) is 5.91 Å². The molecule has 3 aliphatic heterocycles. The van der Waals surface area contributed by atoms with Crippen LogP contribution in [0.1, 0.15) is 12.0 Å². The van der Waals surface area contributed by atoms with E-state index in [0.29, 0.717) is 19.6 Å². The van der Waals surface area contributed by atoms with E-state index < -0.39 is 12.2 Å². The second-order valence-electron chi connectivity index (χ2n) is 9.99. The lowest BCUT2D eigenvalue weighted by atomic mass is 9.86. The van der Waals surface area contributed by atoms with Gasteiger partial charge in [0, 0.05) is 43.9 Å². The summed E-state index contributed by atoms with van der Waals surface area (Å²) >= 11 is 0. The molecule has 2 fully saturated rings. The highest BCUT2D eigenvalue weighted by atomic mass is 16.5. The van der Waals surface area contributed by atoms with Gasteiger partial charge in [-0.2, -0.15) is 0 Å². The maximum Gasteiger partial charge on any atom is 0.257 e. The van der Waals surface area contributed by atoms with Gasteiger partial charge >= 0.3 is 0 Å². The quantitative estimate of drug-likeness (QED) is 0.496. The fraction of sp³-hybridized carbons (Fsp3) is 0.357. The molecule has 194 valence electrons. The molecule has 0 aliphatic carbocycles. The number of hydrazine groups is 1. The molecule has 0 aromatic heterocycles. The number of benzene rings is 2. The lowest BCUT2D eigenvalue weighted by Crippen LogP contribution is -2.67.